The summed E-state index contributed by atoms with van der Waals surface area (Å²) in [5.74, 6) is -0.435. The Morgan fingerprint density at radius 1 is 1.47 bits per heavy atom. The van der Waals surface area contributed by atoms with Crippen molar-refractivity contribution in [3.8, 4) is 0 Å². The first kappa shape index (κ1) is 11.8. The van der Waals surface area contributed by atoms with Crippen LogP contribution in [-0.2, 0) is 6.54 Å². The maximum absolute atomic E-state index is 11.0. The fourth-order valence-electron chi connectivity index (χ4n) is 1.59. The van der Waals surface area contributed by atoms with Gasteiger partial charge in [0.25, 0.3) is 0 Å². The highest BCUT2D eigenvalue weighted by Crippen LogP contribution is 2.11. The van der Waals surface area contributed by atoms with E-state index in [9.17, 15) is 4.79 Å². The fourth-order valence-corrected chi connectivity index (χ4v) is 1.59. The van der Waals surface area contributed by atoms with Gasteiger partial charge in [0.15, 0.2) is 5.58 Å². The summed E-state index contributed by atoms with van der Waals surface area (Å²) >= 11 is 0. The van der Waals surface area contributed by atoms with Crippen LogP contribution in [0.2, 0.25) is 0 Å². The molecule has 0 fully saturated rings. The number of aromatic amines is 1. The lowest BCUT2D eigenvalue weighted by atomic mass is 10.2. The monoisotopic (exact) mass is 236 g/mol. The van der Waals surface area contributed by atoms with E-state index in [-0.39, 0.29) is 6.04 Å². The Hall–Kier alpha value is -1.63. The molecule has 17 heavy (non-hydrogen) atoms. The second-order valence-electron chi connectivity index (χ2n) is 3.97. The summed E-state index contributed by atoms with van der Waals surface area (Å²) in [7, 11) is 0. The van der Waals surface area contributed by atoms with E-state index in [2.05, 4.69) is 10.3 Å². The SMILES string of the molecule is NCC(N)CNCc1ccc2oc(=O)[nH]c2c1. The summed E-state index contributed by atoms with van der Waals surface area (Å²) in [4.78, 5) is 13.6. The number of benzene rings is 1. The number of nitrogens with one attached hydrogen (secondary N) is 2. The standard InChI is InChI=1S/C11H16N4O2/c12-4-8(13)6-14-5-7-1-2-10-9(3-7)15-11(16)17-10/h1-3,8,14H,4-6,12-13H2,(H,15,16). The number of hydrogen-bond donors (Lipinski definition) is 4. The average molecular weight is 236 g/mol. The third kappa shape index (κ3) is 2.94. The zero-order valence-corrected chi connectivity index (χ0v) is 9.40. The van der Waals surface area contributed by atoms with E-state index in [1.54, 1.807) is 6.07 Å². The van der Waals surface area contributed by atoms with Gasteiger partial charge in [-0.3, -0.25) is 4.98 Å². The highest BCUT2D eigenvalue weighted by molar-refractivity contribution is 5.72. The number of aromatic nitrogens is 1. The molecule has 0 bridgehead atoms. The molecular weight excluding hydrogens is 220 g/mol. The second-order valence-corrected chi connectivity index (χ2v) is 3.97. The van der Waals surface area contributed by atoms with Crippen molar-refractivity contribution in [1.82, 2.24) is 10.3 Å². The molecule has 6 nitrogen and oxygen atoms in total. The van der Waals surface area contributed by atoms with Crippen LogP contribution in [-0.4, -0.2) is 24.1 Å². The Kier molecular flexibility index (Phi) is 3.58. The van der Waals surface area contributed by atoms with Crippen LogP contribution in [0.15, 0.2) is 27.4 Å². The van der Waals surface area contributed by atoms with Crippen molar-refractivity contribution in [2.45, 2.75) is 12.6 Å². The van der Waals surface area contributed by atoms with Gasteiger partial charge in [0.1, 0.15) is 0 Å². The molecule has 1 aromatic heterocycles. The molecular formula is C11H16N4O2. The van der Waals surface area contributed by atoms with E-state index < -0.39 is 5.76 Å². The van der Waals surface area contributed by atoms with Crippen molar-refractivity contribution in [3.63, 3.8) is 0 Å². The van der Waals surface area contributed by atoms with Crippen molar-refractivity contribution in [3.05, 3.63) is 34.3 Å². The number of H-pyrrole nitrogens is 1. The first-order valence-electron chi connectivity index (χ1n) is 5.47. The fraction of sp³-hybridized carbons (Fsp3) is 0.364. The van der Waals surface area contributed by atoms with Crippen LogP contribution in [0.1, 0.15) is 5.56 Å². The van der Waals surface area contributed by atoms with E-state index in [1.807, 2.05) is 12.1 Å². The minimum Gasteiger partial charge on any atom is -0.408 e. The lowest BCUT2D eigenvalue weighted by Crippen LogP contribution is -2.39. The third-order valence-corrected chi connectivity index (χ3v) is 2.52. The van der Waals surface area contributed by atoms with Gasteiger partial charge in [0.2, 0.25) is 0 Å². The van der Waals surface area contributed by atoms with Crippen LogP contribution in [0.3, 0.4) is 0 Å². The topological polar surface area (TPSA) is 110 Å². The molecule has 0 radical (unpaired) electrons. The van der Waals surface area contributed by atoms with Crippen molar-refractivity contribution >= 4 is 11.1 Å². The zero-order chi connectivity index (χ0) is 12.3. The molecule has 1 heterocycles. The molecule has 1 aromatic carbocycles. The van der Waals surface area contributed by atoms with Crippen LogP contribution in [0.5, 0.6) is 0 Å². The molecule has 1 atom stereocenters. The molecule has 2 rings (SSSR count). The number of fused-ring (bicyclic) bond motifs is 1. The first-order valence-corrected chi connectivity index (χ1v) is 5.47. The Morgan fingerprint density at radius 2 is 2.29 bits per heavy atom. The lowest BCUT2D eigenvalue weighted by Gasteiger charge is -2.09. The van der Waals surface area contributed by atoms with Gasteiger partial charge in [-0.1, -0.05) is 6.07 Å². The molecule has 0 saturated carbocycles. The summed E-state index contributed by atoms with van der Waals surface area (Å²) < 4.78 is 4.91. The maximum atomic E-state index is 11.0. The molecule has 0 aliphatic heterocycles. The van der Waals surface area contributed by atoms with E-state index in [1.165, 1.54) is 0 Å². The molecule has 2 aromatic rings. The molecule has 6 heteroatoms. The second kappa shape index (κ2) is 5.13. The number of nitrogens with two attached hydrogens (primary N) is 2. The Balaban J connectivity index is 2.01. The lowest BCUT2D eigenvalue weighted by molar-refractivity contribution is 0.555. The minimum atomic E-state index is -0.435. The van der Waals surface area contributed by atoms with Gasteiger partial charge in [0, 0.05) is 25.7 Å². The minimum absolute atomic E-state index is 0.0348. The van der Waals surface area contributed by atoms with E-state index >= 15 is 0 Å². The molecule has 0 amide bonds. The normalized spacial score (nSPS) is 13.1. The van der Waals surface area contributed by atoms with Gasteiger partial charge in [-0.2, -0.15) is 0 Å². The van der Waals surface area contributed by atoms with Crippen molar-refractivity contribution in [2.24, 2.45) is 11.5 Å². The van der Waals surface area contributed by atoms with Gasteiger partial charge in [-0.05, 0) is 17.7 Å². The quantitative estimate of drug-likeness (QED) is 0.559. The summed E-state index contributed by atoms with van der Waals surface area (Å²) in [6.45, 7) is 1.80. The van der Waals surface area contributed by atoms with Gasteiger partial charge in [-0.15, -0.1) is 0 Å². The predicted octanol–water partition coefficient (Wildman–Crippen LogP) is -0.503. The maximum Gasteiger partial charge on any atom is 0.417 e. The highest BCUT2D eigenvalue weighted by atomic mass is 16.4. The smallest absolute Gasteiger partial charge is 0.408 e. The molecule has 0 spiro atoms. The number of hydrogen-bond acceptors (Lipinski definition) is 5. The predicted molar refractivity (Wildman–Crippen MR) is 65.6 cm³/mol. The van der Waals surface area contributed by atoms with Crippen LogP contribution < -0.4 is 22.5 Å². The van der Waals surface area contributed by atoms with Crippen molar-refractivity contribution in [2.75, 3.05) is 13.1 Å². The molecule has 1 unspecified atom stereocenters. The van der Waals surface area contributed by atoms with E-state index in [0.717, 1.165) is 5.56 Å². The Bertz CT molecular complexity index is 546. The van der Waals surface area contributed by atoms with Crippen LogP contribution in [0.25, 0.3) is 11.1 Å². The van der Waals surface area contributed by atoms with E-state index in [4.69, 9.17) is 15.9 Å². The third-order valence-electron chi connectivity index (χ3n) is 2.52. The Morgan fingerprint density at radius 3 is 3.06 bits per heavy atom. The van der Waals surface area contributed by atoms with Crippen molar-refractivity contribution < 1.29 is 4.42 Å². The number of rotatable bonds is 5. The van der Waals surface area contributed by atoms with Crippen molar-refractivity contribution in [1.29, 1.82) is 0 Å². The molecule has 6 N–H and O–H groups in total. The largest absolute Gasteiger partial charge is 0.417 e. The number of oxazole rings is 1. The summed E-state index contributed by atoms with van der Waals surface area (Å²) in [6, 6.07) is 5.52. The molecule has 0 aliphatic carbocycles. The highest BCUT2D eigenvalue weighted by Gasteiger charge is 2.03. The first-order chi connectivity index (χ1) is 8.19. The van der Waals surface area contributed by atoms with Gasteiger partial charge < -0.3 is 21.2 Å². The summed E-state index contributed by atoms with van der Waals surface area (Å²) in [6.07, 6.45) is 0. The Labute approximate surface area is 98.0 Å². The van der Waals surface area contributed by atoms with E-state index in [0.29, 0.717) is 30.7 Å². The summed E-state index contributed by atoms with van der Waals surface area (Å²) in [5.41, 5.74) is 13.4. The zero-order valence-electron chi connectivity index (χ0n) is 9.40. The van der Waals surface area contributed by atoms with Crippen LogP contribution in [0, 0.1) is 0 Å². The molecule has 0 aliphatic rings. The van der Waals surface area contributed by atoms with Gasteiger partial charge in [-0.25, -0.2) is 4.79 Å². The summed E-state index contributed by atoms with van der Waals surface area (Å²) in [5, 5.41) is 3.20. The molecule has 92 valence electrons. The van der Waals surface area contributed by atoms with Crippen LogP contribution in [0.4, 0.5) is 0 Å². The van der Waals surface area contributed by atoms with Gasteiger partial charge >= 0.3 is 5.76 Å². The molecule has 0 saturated heterocycles. The van der Waals surface area contributed by atoms with Crippen LogP contribution >= 0.6 is 0 Å². The average Bonchev–Trinajstić information content (AvgIpc) is 2.68. The van der Waals surface area contributed by atoms with Gasteiger partial charge in [0.05, 0.1) is 5.52 Å².